The number of nitrogens with zero attached hydrogens (tertiary/aromatic N) is 1. The van der Waals surface area contributed by atoms with Gasteiger partial charge in [0.25, 0.3) is 0 Å². The molecule has 116 valence electrons. The summed E-state index contributed by atoms with van der Waals surface area (Å²) in [5.74, 6) is 0.128. The minimum Gasteiger partial charge on any atom is -0.489 e. The zero-order chi connectivity index (χ0) is 15.4. The highest BCUT2D eigenvalue weighted by atomic mass is 19.1. The molecule has 0 bridgehead atoms. The summed E-state index contributed by atoms with van der Waals surface area (Å²) in [4.78, 5) is 13.8. The molecule has 1 saturated heterocycles. The number of rotatable bonds is 4. The van der Waals surface area contributed by atoms with Crippen molar-refractivity contribution in [2.24, 2.45) is 5.92 Å². The van der Waals surface area contributed by atoms with Crippen LogP contribution in [0.4, 0.5) is 14.9 Å². The van der Waals surface area contributed by atoms with Gasteiger partial charge in [-0.25, -0.2) is 9.18 Å². The molecule has 1 atom stereocenters. The normalized spacial score (nSPS) is 18.1. The van der Waals surface area contributed by atoms with Crippen molar-refractivity contribution in [2.45, 2.75) is 26.4 Å². The third kappa shape index (κ3) is 4.07. The molecule has 0 aromatic heterocycles. The number of anilines is 1. The van der Waals surface area contributed by atoms with E-state index in [-0.39, 0.29) is 24.7 Å². The molecule has 6 heteroatoms. The number of carbonyl (C=O) groups excluding carboxylic acids is 1. The molecule has 0 aliphatic carbocycles. The largest absolute Gasteiger partial charge is 0.489 e. The maximum absolute atomic E-state index is 13.4. The summed E-state index contributed by atoms with van der Waals surface area (Å²) in [6.45, 7) is 4.90. The topological polar surface area (TPSA) is 61.8 Å². The first-order chi connectivity index (χ1) is 9.99. The van der Waals surface area contributed by atoms with Crippen LogP contribution in [0.1, 0.15) is 20.3 Å². The highest BCUT2D eigenvalue weighted by Crippen LogP contribution is 2.27. The van der Waals surface area contributed by atoms with Crippen molar-refractivity contribution >= 4 is 11.7 Å². The van der Waals surface area contributed by atoms with Crippen molar-refractivity contribution in [2.75, 3.05) is 25.0 Å². The Bertz CT molecular complexity index is 508. The molecule has 1 heterocycles. The Labute approximate surface area is 123 Å². The van der Waals surface area contributed by atoms with E-state index in [4.69, 9.17) is 9.84 Å². The number of halogens is 1. The first-order valence-electron chi connectivity index (χ1n) is 7.12. The standard InChI is InChI=1S/C15H21FN2O3/c1-10(2)21-14-4-3-12(16)7-13(14)17-15(20)18-6-5-11(8-18)9-19/h3-4,7,10-11,19H,5-6,8-9H2,1-2H3,(H,17,20). The highest BCUT2D eigenvalue weighted by molar-refractivity contribution is 5.91. The van der Waals surface area contributed by atoms with Crippen molar-refractivity contribution in [1.29, 1.82) is 0 Å². The van der Waals surface area contributed by atoms with E-state index in [1.807, 2.05) is 13.8 Å². The first kappa shape index (κ1) is 15.6. The first-order valence-corrected chi connectivity index (χ1v) is 7.12. The van der Waals surface area contributed by atoms with Crippen molar-refractivity contribution in [3.05, 3.63) is 24.0 Å². The summed E-state index contributed by atoms with van der Waals surface area (Å²) < 4.78 is 18.9. The number of benzene rings is 1. The molecule has 2 amide bonds. The van der Waals surface area contributed by atoms with Gasteiger partial charge in [-0.2, -0.15) is 0 Å². The number of likely N-dealkylation sites (tertiary alicyclic amines) is 1. The number of urea groups is 1. The Kier molecular flexibility index (Phi) is 5.01. The van der Waals surface area contributed by atoms with E-state index in [9.17, 15) is 9.18 Å². The zero-order valence-electron chi connectivity index (χ0n) is 12.3. The molecule has 0 saturated carbocycles. The zero-order valence-corrected chi connectivity index (χ0v) is 12.3. The third-order valence-electron chi connectivity index (χ3n) is 3.38. The number of aliphatic hydroxyl groups is 1. The van der Waals surface area contributed by atoms with Gasteiger partial charge in [-0.05, 0) is 32.4 Å². The number of amides is 2. The Hall–Kier alpha value is -1.82. The van der Waals surface area contributed by atoms with Crippen molar-refractivity contribution in [3.8, 4) is 5.75 Å². The van der Waals surface area contributed by atoms with Crippen LogP contribution in [-0.4, -0.2) is 41.8 Å². The molecular formula is C15H21FN2O3. The lowest BCUT2D eigenvalue weighted by Gasteiger charge is -2.19. The van der Waals surface area contributed by atoms with E-state index in [0.29, 0.717) is 24.5 Å². The minimum absolute atomic E-state index is 0.0725. The number of hydrogen-bond donors (Lipinski definition) is 2. The molecule has 1 aromatic carbocycles. The van der Waals surface area contributed by atoms with E-state index in [1.165, 1.54) is 18.2 Å². The fraction of sp³-hybridized carbons (Fsp3) is 0.533. The van der Waals surface area contributed by atoms with Crippen molar-refractivity contribution in [1.82, 2.24) is 4.90 Å². The molecule has 0 spiro atoms. The Balaban J connectivity index is 2.07. The fourth-order valence-corrected chi connectivity index (χ4v) is 2.32. The van der Waals surface area contributed by atoms with Gasteiger partial charge in [0.2, 0.25) is 0 Å². The van der Waals surface area contributed by atoms with E-state index in [2.05, 4.69) is 5.32 Å². The summed E-state index contributed by atoms with van der Waals surface area (Å²) in [6.07, 6.45) is 0.708. The van der Waals surface area contributed by atoms with Gasteiger partial charge in [0.15, 0.2) is 0 Å². The number of ether oxygens (including phenoxy) is 1. The van der Waals surface area contributed by atoms with Gasteiger partial charge in [0.05, 0.1) is 11.8 Å². The second-order valence-electron chi connectivity index (χ2n) is 5.52. The van der Waals surface area contributed by atoms with Gasteiger partial charge >= 0.3 is 6.03 Å². The smallest absolute Gasteiger partial charge is 0.321 e. The van der Waals surface area contributed by atoms with E-state index < -0.39 is 5.82 Å². The van der Waals surface area contributed by atoms with Gasteiger partial charge in [-0.15, -0.1) is 0 Å². The summed E-state index contributed by atoms with van der Waals surface area (Å²) >= 11 is 0. The number of hydrogen-bond acceptors (Lipinski definition) is 3. The van der Waals surface area contributed by atoms with Crippen molar-refractivity contribution in [3.63, 3.8) is 0 Å². The van der Waals surface area contributed by atoms with Crippen LogP contribution in [-0.2, 0) is 0 Å². The summed E-state index contributed by atoms with van der Waals surface area (Å²) in [6, 6.07) is 3.75. The number of carbonyl (C=O) groups is 1. The maximum Gasteiger partial charge on any atom is 0.321 e. The summed E-state index contributed by atoms with van der Waals surface area (Å²) in [7, 11) is 0. The summed E-state index contributed by atoms with van der Waals surface area (Å²) in [5, 5.41) is 11.8. The highest BCUT2D eigenvalue weighted by Gasteiger charge is 2.26. The molecular weight excluding hydrogens is 275 g/mol. The predicted octanol–water partition coefficient (Wildman–Crippen LogP) is 2.46. The van der Waals surface area contributed by atoms with Crippen LogP contribution in [0.25, 0.3) is 0 Å². The molecule has 1 fully saturated rings. The van der Waals surface area contributed by atoms with Crippen LogP contribution < -0.4 is 10.1 Å². The Morgan fingerprint density at radius 1 is 1.57 bits per heavy atom. The van der Waals surface area contributed by atoms with Crippen LogP contribution in [0.15, 0.2) is 18.2 Å². The van der Waals surface area contributed by atoms with Gasteiger partial charge < -0.3 is 20.1 Å². The Morgan fingerprint density at radius 2 is 2.33 bits per heavy atom. The van der Waals surface area contributed by atoms with E-state index >= 15 is 0 Å². The molecule has 1 aliphatic heterocycles. The van der Waals surface area contributed by atoms with Crippen LogP contribution in [0, 0.1) is 11.7 Å². The SMILES string of the molecule is CC(C)Oc1ccc(F)cc1NC(=O)N1CCC(CO)C1. The average molecular weight is 296 g/mol. The molecule has 2 N–H and O–H groups in total. The third-order valence-corrected chi connectivity index (χ3v) is 3.38. The average Bonchev–Trinajstić information content (AvgIpc) is 2.90. The van der Waals surface area contributed by atoms with Gasteiger partial charge in [-0.3, -0.25) is 0 Å². The van der Waals surface area contributed by atoms with Crippen LogP contribution in [0.3, 0.4) is 0 Å². The molecule has 21 heavy (non-hydrogen) atoms. The fourth-order valence-electron chi connectivity index (χ4n) is 2.32. The van der Waals surface area contributed by atoms with Crippen LogP contribution in [0.5, 0.6) is 5.75 Å². The number of aliphatic hydroxyl groups excluding tert-OH is 1. The van der Waals surface area contributed by atoms with Crippen LogP contribution in [0.2, 0.25) is 0 Å². The second kappa shape index (κ2) is 6.76. The molecule has 1 aromatic rings. The van der Waals surface area contributed by atoms with Crippen molar-refractivity contribution < 1.29 is 19.0 Å². The monoisotopic (exact) mass is 296 g/mol. The molecule has 1 aliphatic rings. The predicted molar refractivity (Wildman–Crippen MR) is 77.9 cm³/mol. The lowest BCUT2D eigenvalue weighted by atomic mass is 10.1. The summed E-state index contributed by atoms with van der Waals surface area (Å²) in [5.41, 5.74) is 0.321. The second-order valence-corrected chi connectivity index (χ2v) is 5.52. The minimum atomic E-state index is -0.434. The molecule has 1 unspecified atom stereocenters. The Morgan fingerprint density at radius 3 is 2.95 bits per heavy atom. The lowest BCUT2D eigenvalue weighted by molar-refractivity contribution is 0.208. The maximum atomic E-state index is 13.4. The van der Waals surface area contributed by atoms with E-state index in [1.54, 1.807) is 4.90 Å². The number of nitrogens with one attached hydrogen (secondary N) is 1. The quantitative estimate of drug-likeness (QED) is 0.897. The lowest BCUT2D eigenvalue weighted by Crippen LogP contribution is -2.33. The van der Waals surface area contributed by atoms with Gasteiger partial charge in [0.1, 0.15) is 11.6 Å². The molecule has 0 radical (unpaired) electrons. The molecule has 2 rings (SSSR count). The van der Waals surface area contributed by atoms with E-state index in [0.717, 1.165) is 6.42 Å². The van der Waals surface area contributed by atoms with Crippen LogP contribution >= 0.6 is 0 Å². The van der Waals surface area contributed by atoms with Gasteiger partial charge in [0, 0.05) is 31.7 Å². The molecule has 5 nitrogen and oxygen atoms in total. The van der Waals surface area contributed by atoms with Gasteiger partial charge in [-0.1, -0.05) is 0 Å².